The van der Waals surface area contributed by atoms with Gasteiger partial charge in [0.1, 0.15) is 0 Å². The number of rotatable bonds is 8. The highest BCUT2D eigenvalue weighted by Gasteiger charge is 2.13. The first-order chi connectivity index (χ1) is 17.9. The number of anilines is 2. The van der Waals surface area contributed by atoms with E-state index in [1.165, 1.54) is 0 Å². The van der Waals surface area contributed by atoms with Gasteiger partial charge in [0, 0.05) is 48.4 Å². The number of carbonyl (C=O) groups is 1. The van der Waals surface area contributed by atoms with E-state index in [0.29, 0.717) is 13.0 Å². The number of aliphatic hydroxyl groups is 1. The third-order valence-corrected chi connectivity index (χ3v) is 6.39. The molecule has 1 amide bonds. The van der Waals surface area contributed by atoms with Gasteiger partial charge in [-0.25, -0.2) is 9.97 Å². The quantitative estimate of drug-likeness (QED) is 0.280. The lowest BCUT2D eigenvalue weighted by Gasteiger charge is -2.13. The van der Waals surface area contributed by atoms with E-state index in [0.717, 1.165) is 56.4 Å². The summed E-state index contributed by atoms with van der Waals surface area (Å²) >= 11 is 0. The molecule has 37 heavy (non-hydrogen) atoms. The van der Waals surface area contributed by atoms with Crippen molar-refractivity contribution in [2.24, 2.45) is 0 Å². The molecule has 3 aromatic heterocycles. The molecule has 0 saturated heterocycles. The normalized spacial score (nSPS) is 11.1. The Labute approximate surface area is 215 Å². The lowest BCUT2D eigenvalue weighted by molar-refractivity contribution is -0.120. The maximum Gasteiger partial charge on any atom is 0.219 e. The summed E-state index contributed by atoms with van der Waals surface area (Å²) in [7, 11) is 0. The Bertz CT molecular complexity index is 1580. The van der Waals surface area contributed by atoms with Crippen LogP contribution in [0, 0.1) is 13.8 Å². The molecule has 0 saturated carbocycles. The molecule has 5 aromatic rings. The molecule has 0 radical (unpaired) electrons. The summed E-state index contributed by atoms with van der Waals surface area (Å²) in [5, 5.41) is 16.4. The van der Waals surface area contributed by atoms with Gasteiger partial charge < -0.3 is 24.7 Å². The molecule has 3 heterocycles. The Morgan fingerprint density at radius 3 is 2.70 bits per heavy atom. The van der Waals surface area contributed by atoms with Crippen LogP contribution >= 0.6 is 0 Å². The first-order valence-electron chi connectivity index (χ1n) is 12.3. The zero-order chi connectivity index (χ0) is 25.9. The third kappa shape index (κ3) is 5.10. The number of aromatic nitrogens is 4. The number of fused-ring (bicyclic) bond motifs is 1. The minimum Gasteiger partial charge on any atom is -0.392 e. The molecule has 2 aromatic carbocycles. The number of benzene rings is 2. The molecule has 8 nitrogen and oxygen atoms in total. The van der Waals surface area contributed by atoms with E-state index in [1.54, 1.807) is 6.33 Å². The Hall–Kier alpha value is -4.43. The van der Waals surface area contributed by atoms with Gasteiger partial charge in [0.05, 0.1) is 35.7 Å². The lowest BCUT2D eigenvalue weighted by atomic mass is 10.0. The Kier molecular flexibility index (Phi) is 6.74. The second-order valence-corrected chi connectivity index (χ2v) is 9.11. The van der Waals surface area contributed by atoms with E-state index >= 15 is 0 Å². The number of amides is 1. The standard InChI is InChI=1S/C29H30N6O2/c1-4-28(37)30-14-21-8-7-19(2)24(12-21)26-16-34-11-5-6-25(29(34)33-26)32-23-9-10-27(22(13-23)17-36)35-15-20(3)31-18-35/h5-13,15-16,18,32,36H,4,14,17H2,1-3H3,(H,30,37). The molecule has 0 aliphatic rings. The number of imidazole rings is 2. The number of hydrogen-bond donors (Lipinski definition) is 3. The van der Waals surface area contributed by atoms with Crippen LogP contribution in [-0.2, 0) is 17.9 Å². The van der Waals surface area contributed by atoms with Crippen molar-refractivity contribution in [3.8, 4) is 16.9 Å². The summed E-state index contributed by atoms with van der Waals surface area (Å²) in [6.45, 7) is 6.24. The number of nitrogens with one attached hydrogen (secondary N) is 2. The predicted molar refractivity (Wildman–Crippen MR) is 145 cm³/mol. The average Bonchev–Trinajstić information content (AvgIpc) is 3.54. The molecule has 0 bridgehead atoms. The van der Waals surface area contributed by atoms with Gasteiger partial charge in [-0.15, -0.1) is 0 Å². The van der Waals surface area contributed by atoms with Crippen LogP contribution in [0.3, 0.4) is 0 Å². The van der Waals surface area contributed by atoms with Crippen LogP contribution in [-0.4, -0.2) is 29.9 Å². The maximum absolute atomic E-state index is 11.7. The summed E-state index contributed by atoms with van der Waals surface area (Å²) in [4.78, 5) is 20.9. The highest BCUT2D eigenvalue weighted by molar-refractivity contribution is 5.78. The van der Waals surface area contributed by atoms with Crippen LogP contribution < -0.4 is 10.6 Å². The van der Waals surface area contributed by atoms with Gasteiger partial charge in [0.25, 0.3) is 0 Å². The van der Waals surface area contributed by atoms with Crippen molar-refractivity contribution in [1.29, 1.82) is 0 Å². The smallest absolute Gasteiger partial charge is 0.219 e. The van der Waals surface area contributed by atoms with Gasteiger partial charge in [-0.1, -0.05) is 19.1 Å². The lowest BCUT2D eigenvalue weighted by Crippen LogP contribution is -2.21. The van der Waals surface area contributed by atoms with Crippen molar-refractivity contribution in [2.45, 2.75) is 40.3 Å². The van der Waals surface area contributed by atoms with Crippen LogP contribution in [0.15, 0.2) is 73.4 Å². The summed E-state index contributed by atoms with van der Waals surface area (Å²) < 4.78 is 3.91. The van der Waals surface area contributed by atoms with Crippen molar-refractivity contribution < 1.29 is 9.90 Å². The number of nitrogens with zero attached hydrogens (tertiary/aromatic N) is 4. The SMILES string of the molecule is CCC(=O)NCc1ccc(C)c(-c2cn3cccc(Nc4ccc(-n5cnc(C)c5)c(CO)c4)c3n2)c1. The highest BCUT2D eigenvalue weighted by Crippen LogP contribution is 2.29. The van der Waals surface area contributed by atoms with Gasteiger partial charge in [-0.05, 0) is 61.4 Å². The maximum atomic E-state index is 11.7. The van der Waals surface area contributed by atoms with Gasteiger partial charge >= 0.3 is 0 Å². The van der Waals surface area contributed by atoms with Crippen molar-refractivity contribution in [2.75, 3.05) is 5.32 Å². The first kappa shape index (κ1) is 24.3. The van der Waals surface area contributed by atoms with Crippen LogP contribution in [0.5, 0.6) is 0 Å². The van der Waals surface area contributed by atoms with Crippen molar-refractivity contribution in [1.82, 2.24) is 24.3 Å². The van der Waals surface area contributed by atoms with Gasteiger partial charge in [-0.3, -0.25) is 4.79 Å². The van der Waals surface area contributed by atoms with E-state index in [-0.39, 0.29) is 12.5 Å². The van der Waals surface area contributed by atoms with E-state index in [2.05, 4.69) is 34.7 Å². The average molecular weight is 495 g/mol. The fraction of sp³-hybridized carbons (Fsp3) is 0.207. The molecule has 0 unspecified atom stereocenters. The van der Waals surface area contributed by atoms with Crippen molar-refractivity contribution in [3.63, 3.8) is 0 Å². The predicted octanol–water partition coefficient (Wildman–Crippen LogP) is 5.07. The summed E-state index contributed by atoms with van der Waals surface area (Å²) in [6, 6.07) is 16.0. The minimum atomic E-state index is -0.0892. The molecule has 8 heteroatoms. The number of aliphatic hydroxyl groups excluding tert-OH is 1. The van der Waals surface area contributed by atoms with Crippen molar-refractivity contribution in [3.05, 3.63) is 95.8 Å². The molecule has 3 N–H and O–H groups in total. The fourth-order valence-corrected chi connectivity index (χ4v) is 4.37. The Balaban J connectivity index is 1.45. The molecular weight excluding hydrogens is 464 g/mol. The monoisotopic (exact) mass is 494 g/mol. The second-order valence-electron chi connectivity index (χ2n) is 9.11. The van der Waals surface area contributed by atoms with E-state index in [1.807, 2.05) is 77.8 Å². The number of aryl methyl sites for hydroxylation is 2. The third-order valence-electron chi connectivity index (χ3n) is 6.39. The van der Waals surface area contributed by atoms with Crippen LogP contribution in [0.4, 0.5) is 11.4 Å². The van der Waals surface area contributed by atoms with Crippen LogP contribution in [0.1, 0.15) is 35.7 Å². The number of pyridine rings is 1. The number of hydrogen-bond acceptors (Lipinski definition) is 5. The van der Waals surface area contributed by atoms with Crippen LogP contribution in [0.25, 0.3) is 22.6 Å². The molecule has 0 aliphatic carbocycles. The number of carbonyl (C=O) groups excluding carboxylic acids is 1. The summed E-state index contributed by atoms with van der Waals surface area (Å²) in [6.07, 6.45) is 8.14. The summed E-state index contributed by atoms with van der Waals surface area (Å²) in [5.74, 6) is 0.0306. The molecule has 188 valence electrons. The van der Waals surface area contributed by atoms with Crippen LogP contribution in [0.2, 0.25) is 0 Å². The zero-order valence-corrected chi connectivity index (χ0v) is 21.2. The zero-order valence-electron chi connectivity index (χ0n) is 21.2. The minimum absolute atomic E-state index is 0.0306. The molecule has 0 aliphatic heterocycles. The Morgan fingerprint density at radius 1 is 1.08 bits per heavy atom. The van der Waals surface area contributed by atoms with Gasteiger partial charge in [-0.2, -0.15) is 0 Å². The van der Waals surface area contributed by atoms with E-state index in [9.17, 15) is 9.90 Å². The topological polar surface area (TPSA) is 96.5 Å². The van der Waals surface area contributed by atoms with Gasteiger partial charge in [0.2, 0.25) is 5.91 Å². The fourth-order valence-electron chi connectivity index (χ4n) is 4.37. The molecule has 0 fully saturated rings. The van der Waals surface area contributed by atoms with Crippen molar-refractivity contribution >= 4 is 22.9 Å². The molecule has 5 rings (SSSR count). The first-order valence-corrected chi connectivity index (χ1v) is 12.3. The molecule has 0 spiro atoms. The van der Waals surface area contributed by atoms with E-state index < -0.39 is 0 Å². The largest absolute Gasteiger partial charge is 0.392 e. The molecule has 0 atom stereocenters. The summed E-state index contributed by atoms with van der Waals surface area (Å²) in [5.41, 5.74) is 9.13. The van der Waals surface area contributed by atoms with Gasteiger partial charge in [0.15, 0.2) is 5.65 Å². The van der Waals surface area contributed by atoms with E-state index in [4.69, 9.17) is 4.98 Å². The second kappa shape index (κ2) is 10.3. The highest BCUT2D eigenvalue weighted by atomic mass is 16.3. The Morgan fingerprint density at radius 2 is 1.95 bits per heavy atom. The molecular formula is C29H30N6O2.